The molecule has 2 aromatic rings. The molecule has 0 unspecified atom stereocenters. The molecule has 1 aromatic heterocycles. The Bertz CT molecular complexity index is 674. The fourth-order valence-corrected chi connectivity index (χ4v) is 3.24. The molecule has 2 N–H and O–H groups in total. The summed E-state index contributed by atoms with van der Waals surface area (Å²) < 4.78 is 0. The van der Waals surface area contributed by atoms with Crippen LogP contribution < -0.4 is 5.32 Å². The van der Waals surface area contributed by atoms with E-state index in [9.17, 15) is 9.59 Å². The van der Waals surface area contributed by atoms with Gasteiger partial charge in [-0.25, -0.2) is 4.79 Å². The Kier molecular flexibility index (Phi) is 3.51. The Morgan fingerprint density at radius 3 is 2.43 bits per heavy atom. The number of hydrogen-bond donors (Lipinski definition) is 2. The number of thiophene rings is 1. The number of amides is 1. The summed E-state index contributed by atoms with van der Waals surface area (Å²) in [6, 6.07) is 13.1. The van der Waals surface area contributed by atoms with Crippen molar-refractivity contribution in [3.8, 4) is 0 Å². The molecule has 1 aliphatic rings. The van der Waals surface area contributed by atoms with Crippen LogP contribution in [0.2, 0.25) is 0 Å². The fourth-order valence-electron chi connectivity index (χ4n) is 2.45. The third-order valence-corrected chi connectivity index (χ3v) is 4.88. The van der Waals surface area contributed by atoms with Crippen LogP contribution in [0.1, 0.15) is 33.0 Å². The van der Waals surface area contributed by atoms with Crippen LogP contribution in [0.3, 0.4) is 0 Å². The van der Waals surface area contributed by atoms with E-state index in [1.165, 1.54) is 11.3 Å². The minimum Gasteiger partial charge on any atom is -0.477 e. The molecule has 0 saturated heterocycles. The molecule has 0 spiro atoms. The van der Waals surface area contributed by atoms with Crippen LogP contribution in [0.4, 0.5) is 0 Å². The molecule has 0 aliphatic heterocycles. The van der Waals surface area contributed by atoms with Crippen molar-refractivity contribution in [3.63, 3.8) is 0 Å². The van der Waals surface area contributed by atoms with Crippen molar-refractivity contribution in [3.05, 3.63) is 57.8 Å². The van der Waals surface area contributed by atoms with Crippen LogP contribution in [-0.4, -0.2) is 17.0 Å². The van der Waals surface area contributed by atoms with Crippen LogP contribution in [0, 0.1) is 0 Å². The highest BCUT2D eigenvalue weighted by Crippen LogP contribution is 2.48. The molecule has 108 valence electrons. The molecule has 1 aliphatic carbocycles. The predicted octanol–water partition coefficient (Wildman–Crippen LogP) is 2.79. The number of carbonyl (C=O) groups excluding carboxylic acids is 1. The van der Waals surface area contributed by atoms with Gasteiger partial charge in [0.15, 0.2) is 0 Å². The van der Waals surface area contributed by atoms with E-state index in [1.807, 2.05) is 30.3 Å². The van der Waals surface area contributed by atoms with E-state index in [0.29, 0.717) is 11.4 Å². The summed E-state index contributed by atoms with van der Waals surface area (Å²) in [5.74, 6) is -0.903. The van der Waals surface area contributed by atoms with Crippen molar-refractivity contribution in [1.82, 2.24) is 5.32 Å². The van der Waals surface area contributed by atoms with Crippen molar-refractivity contribution in [2.24, 2.45) is 0 Å². The summed E-state index contributed by atoms with van der Waals surface area (Å²) >= 11 is 1.20. The number of carboxylic acids is 1. The lowest BCUT2D eigenvalue weighted by Gasteiger charge is -2.15. The molecule has 1 heterocycles. The fraction of sp³-hybridized carbons (Fsp3) is 0.250. The Hall–Kier alpha value is -2.14. The van der Waals surface area contributed by atoms with E-state index in [0.717, 1.165) is 23.3 Å². The van der Waals surface area contributed by atoms with Crippen molar-refractivity contribution >= 4 is 23.2 Å². The van der Waals surface area contributed by atoms with Crippen LogP contribution >= 0.6 is 11.3 Å². The minimum absolute atomic E-state index is 0.0268. The summed E-state index contributed by atoms with van der Waals surface area (Å²) in [6.45, 7) is 0.380. The number of carboxylic acid groups (broad SMARTS) is 1. The molecule has 3 rings (SSSR count). The first-order chi connectivity index (χ1) is 10.1. The zero-order chi connectivity index (χ0) is 14.9. The molecule has 1 amide bonds. The Balaban J connectivity index is 1.65. The Morgan fingerprint density at radius 2 is 1.86 bits per heavy atom. The lowest BCUT2D eigenvalue weighted by Crippen LogP contribution is -2.34. The first-order valence-electron chi connectivity index (χ1n) is 6.78. The van der Waals surface area contributed by atoms with Crippen LogP contribution in [-0.2, 0) is 16.8 Å². The van der Waals surface area contributed by atoms with Gasteiger partial charge < -0.3 is 10.4 Å². The van der Waals surface area contributed by atoms with E-state index in [-0.39, 0.29) is 11.3 Å². The average molecular weight is 301 g/mol. The summed E-state index contributed by atoms with van der Waals surface area (Å²) in [4.78, 5) is 24.4. The number of aromatic carboxylic acids is 1. The quantitative estimate of drug-likeness (QED) is 0.892. The number of benzene rings is 1. The maximum Gasteiger partial charge on any atom is 0.345 e. The monoisotopic (exact) mass is 301 g/mol. The second kappa shape index (κ2) is 5.33. The van der Waals surface area contributed by atoms with E-state index in [1.54, 1.807) is 12.1 Å². The summed E-state index contributed by atoms with van der Waals surface area (Å²) in [5.41, 5.74) is 0.675. The molecule has 21 heavy (non-hydrogen) atoms. The maximum absolute atomic E-state index is 12.4. The normalized spacial score (nSPS) is 15.4. The van der Waals surface area contributed by atoms with E-state index in [2.05, 4.69) is 5.32 Å². The second-order valence-electron chi connectivity index (χ2n) is 5.20. The molecular weight excluding hydrogens is 286 g/mol. The highest BCUT2D eigenvalue weighted by Gasteiger charge is 2.50. The maximum atomic E-state index is 12.4. The Morgan fingerprint density at radius 1 is 1.14 bits per heavy atom. The zero-order valence-corrected chi connectivity index (χ0v) is 12.2. The lowest BCUT2D eigenvalue weighted by molar-refractivity contribution is -0.123. The largest absolute Gasteiger partial charge is 0.477 e. The van der Waals surface area contributed by atoms with Gasteiger partial charge in [-0.05, 0) is 30.5 Å². The molecule has 4 nitrogen and oxygen atoms in total. The number of hydrogen-bond acceptors (Lipinski definition) is 3. The van der Waals surface area contributed by atoms with Gasteiger partial charge in [-0.3, -0.25) is 4.79 Å². The Labute approximate surface area is 126 Å². The van der Waals surface area contributed by atoms with Crippen molar-refractivity contribution in [2.45, 2.75) is 24.8 Å². The van der Waals surface area contributed by atoms with Gasteiger partial charge in [0, 0.05) is 4.88 Å². The molecule has 1 fully saturated rings. The summed E-state index contributed by atoms with van der Waals surface area (Å²) in [6.07, 6.45) is 1.74. The van der Waals surface area contributed by atoms with Crippen LogP contribution in [0.25, 0.3) is 0 Å². The molecule has 1 saturated carbocycles. The average Bonchev–Trinajstić information content (AvgIpc) is 3.17. The summed E-state index contributed by atoms with van der Waals surface area (Å²) in [5, 5.41) is 11.8. The van der Waals surface area contributed by atoms with Gasteiger partial charge in [0.25, 0.3) is 0 Å². The van der Waals surface area contributed by atoms with Gasteiger partial charge in [0.05, 0.1) is 12.0 Å². The number of carbonyl (C=O) groups is 2. The van der Waals surface area contributed by atoms with Gasteiger partial charge in [0.1, 0.15) is 4.88 Å². The van der Waals surface area contributed by atoms with Gasteiger partial charge >= 0.3 is 5.97 Å². The number of rotatable bonds is 5. The first-order valence-corrected chi connectivity index (χ1v) is 7.59. The minimum atomic E-state index is -0.930. The van der Waals surface area contributed by atoms with E-state index in [4.69, 9.17) is 5.11 Å². The first kappa shape index (κ1) is 13.8. The third-order valence-electron chi connectivity index (χ3n) is 3.81. The van der Waals surface area contributed by atoms with E-state index < -0.39 is 5.97 Å². The molecule has 0 atom stereocenters. The summed E-state index contributed by atoms with van der Waals surface area (Å²) in [7, 11) is 0. The predicted molar refractivity (Wildman–Crippen MR) is 80.5 cm³/mol. The van der Waals surface area contributed by atoms with Gasteiger partial charge in [-0.2, -0.15) is 0 Å². The smallest absolute Gasteiger partial charge is 0.345 e. The van der Waals surface area contributed by atoms with E-state index >= 15 is 0 Å². The molecule has 5 heteroatoms. The second-order valence-corrected chi connectivity index (χ2v) is 6.37. The van der Waals surface area contributed by atoms with Crippen molar-refractivity contribution in [1.29, 1.82) is 0 Å². The van der Waals surface area contributed by atoms with Crippen molar-refractivity contribution in [2.75, 3.05) is 0 Å². The molecular formula is C16H15NO3S. The van der Waals surface area contributed by atoms with Gasteiger partial charge in [0.2, 0.25) is 5.91 Å². The standard InChI is InChI=1S/C16H15NO3S/c18-14(19)13-7-6-12(21-13)10-17-15(20)16(8-9-16)11-4-2-1-3-5-11/h1-7H,8-10H2,(H,17,20)(H,18,19). The van der Waals surface area contributed by atoms with Crippen LogP contribution in [0.15, 0.2) is 42.5 Å². The zero-order valence-electron chi connectivity index (χ0n) is 11.3. The van der Waals surface area contributed by atoms with Crippen molar-refractivity contribution < 1.29 is 14.7 Å². The molecule has 1 aromatic carbocycles. The van der Waals surface area contributed by atoms with Gasteiger partial charge in [-0.1, -0.05) is 30.3 Å². The highest BCUT2D eigenvalue weighted by molar-refractivity contribution is 7.13. The van der Waals surface area contributed by atoms with Gasteiger partial charge in [-0.15, -0.1) is 11.3 Å². The topological polar surface area (TPSA) is 66.4 Å². The number of nitrogens with one attached hydrogen (secondary N) is 1. The highest BCUT2D eigenvalue weighted by atomic mass is 32.1. The molecule has 0 bridgehead atoms. The SMILES string of the molecule is O=C(O)c1ccc(CNC(=O)C2(c3ccccc3)CC2)s1. The van der Waals surface area contributed by atoms with Crippen LogP contribution in [0.5, 0.6) is 0 Å². The lowest BCUT2D eigenvalue weighted by atomic mass is 9.95. The molecule has 0 radical (unpaired) electrons. The third kappa shape index (κ3) is 2.69.